The number of para-hydroxylation sites is 1. The highest BCUT2D eigenvalue weighted by molar-refractivity contribution is 6.06. The van der Waals surface area contributed by atoms with E-state index in [1.54, 1.807) is 6.07 Å². The molecule has 0 aromatic heterocycles. The van der Waals surface area contributed by atoms with Crippen LogP contribution in [-0.2, 0) is 4.79 Å². The van der Waals surface area contributed by atoms with Crippen molar-refractivity contribution in [3.8, 4) is 0 Å². The molecular formula is C17H20N2O2. The van der Waals surface area contributed by atoms with E-state index >= 15 is 0 Å². The molecule has 2 amide bonds. The summed E-state index contributed by atoms with van der Waals surface area (Å²) in [5.74, 6) is 1.97. The lowest BCUT2D eigenvalue weighted by molar-refractivity contribution is -0.126. The second kappa shape index (κ2) is 4.86. The van der Waals surface area contributed by atoms with Crippen molar-refractivity contribution in [3.05, 3.63) is 29.8 Å². The fraction of sp³-hybridized carbons (Fsp3) is 0.529. The molecule has 4 rings (SSSR count). The second-order valence-electron chi connectivity index (χ2n) is 6.53. The molecule has 110 valence electrons. The summed E-state index contributed by atoms with van der Waals surface area (Å²) in [6.07, 6.45) is 4.81. The first-order valence-corrected chi connectivity index (χ1v) is 7.92. The van der Waals surface area contributed by atoms with Crippen molar-refractivity contribution >= 4 is 17.5 Å². The average Bonchev–Trinajstić information content (AvgIpc) is 3.26. The molecule has 0 radical (unpaired) electrons. The second-order valence-corrected chi connectivity index (χ2v) is 6.53. The Kier molecular flexibility index (Phi) is 2.98. The maximum absolute atomic E-state index is 12.8. The highest BCUT2D eigenvalue weighted by Gasteiger charge is 2.44. The lowest BCUT2D eigenvalue weighted by Gasteiger charge is -2.37. The van der Waals surface area contributed by atoms with Crippen LogP contribution in [0.25, 0.3) is 0 Å². The Morgan fingerprint density at radius 1 is 1.14 bits per heavy atom. The zero-order valence-corrected chi connectivity index (χ0v) is 12.0. The van der Waals surface area contributed by atoms with Crippen LogP contribution >= 0.6 is 0 Å². The number of anilines is 1. The fourth-order valence-electron chi connectivity index (χ4n) is 3.66. The molecule has 0 saturated heterocycles. The van der Waals surface area contributed by atoms with Crippen molar-refractivity contribution in [2.24, 2.45) is 17.8 Å². The van der Waals surface area contributed by atoms with E-state index in [2.05, 4.69) is 5.32 Å². The molecule has 1 aromatic rings. The van der Waals surface area contributed by atoms with Crippen molar-refractivity contribution < 1.29 is 9.59 Å². The Hall–Kier alpha value is -1.84. The van der Waals surface area contributed by atoms with Gasteiger partial charge in [0.2, 0.25) is 5.91 Å². The van der Waals surface area contributed by atoms with Crippen molar-refractivity contribution in [3.63, 3.8) is 0 Å². The van der Waals surface area contributed by atoms with Crippen molar-refractivity contribution in [2.45, 2.75) is 25.7 Å². The van der Waals surface area contributed by atoms with Gasteiger partial charge in [-0.25, -0.2) is 0 Å². The predicted octanol–water partition coefficient (Wildman–Crippen LogP) is 2.20. The van der Waals surface area contributed by atoms with Gasteiger partial charge in [-0.15, -0.1) is 0 Å². The Balaban J connectivity index is 1.55. The van der Waals surface area contributed by atoms with Gasteiger partial charge in [-0.3, -0.25) is 9.59 Å². The van der Waals surface area contributed by atoms with Crippen LogP contribution in [0.3, 0.4) is 0 Å². The average molecular weight is 284 g/mol. The van der Waals surface area contributed by atoms with Crippen LogP contribution in [-0.4, -0.2) is 24.9 Å². The third kappa shape index (κ3) is 2.23. The monoisotopic (exact) mass is 284 g/mol. The summed E-state index contributed by atoms with van der Waals surface area (Å²) >= 11 is 0. The lowest BCUT2D eigenvalue weighted by Crippen LogP contribution is -2.44. The molecular weight excluding hydrogens is 264 g/mol. The van der Waals surface area contributed by atoms with Gasteiger partial charge in [0.05, 0.1) is 11.3 Å². The molecule has 2 aliphatic carbocycles. The number of nitrogens with zero attached hydrogens (tertiary/aromatic N) is 1. The summed E-state index contributed by atoms with van der Waals surface area (Å²) in [6, 6.07) is 7.42. The zero-order chi connectivity index (χ0) is 14.4. The number of carbonyl (C=O) groups excluding carboxylic acids is 2. The van der Waals surface area contributed by atoms with Crippen molar-refractivity contribution in [2.75, 3.05) is 18.0 Å². The van der Waals surface area contributed by atoms with Gasteiger partial charge in [0.25, 0.3) is 5.91 Å². The van der Waals surface area contributed by atoms with E-state index in [-0.39, 0.29) is 17.7 Å². The molecule has 4 heteroatoms. The number of hydrogen-bond acceptors (Lipinski definition) is 2. The number of nitrogens with one attached hydrogen (secondary N) is 1. The molecule has 1 aromatic carbocycles. The summed E-state index contributed by atoms with van der Waals surface area (Å²) in [5.41, 5.74) is 1.38. The first-order valence-electron chi connectivity index (χ1n) is 7.92. The van der Waals surface area contributed by atoms with Gasteiger partial charge >= 0.3 is 0 Å². The molecule has 0 atom stereocenters. The SMILES string of the molecule is O=C1NCCN(C(=O)C2CC(C3CC3)C2)c2ccccc21. The van der Waals surface area contributed by atoms with Crippen LogP contribution in [0.4, 0.5) is 5.69 Å². The van der Waals surface area contributed by atoms with E-state index in [4.69, 9.17) is 0 Å². The van der Waals surface area contributed by atoms with Crippen LogP contribution in [0.2, 0.25) is 0 Å². The van der Waals surface area contributed by atoms with Crippen LogP contribution in [0.1, 0.15) is 36.0 Å². The van der Waals surface area contributed by atoms with Gasteiger partial charge in [-0.1, -0.05) is 12.1 Å². The molecule has 1 N–H and O–H groups in total. The molecule has 21 heavy (non-hydrogen) atoms. The number of benzene rings is 1. The molecule has 0 unspecified atom stereocenters. The van der Waals surface area contributed by atoms with Gasteiger partial charge in [-0.2, -0.15) is 0 Å². The highest BCUT2D eigenvalue weighted by Crippen LogP contribution is 2.50. The molecule has 0 spiro atoms. The van der Waals surface area contributed by atoms with E-state index in [9.17, 15) is 9.59 Å². The first-order chi connectivity index (χ1) is 10.2. The summed E-state index contributed by atoms with van der Waals surface area (Å²) < 4.78 is 0. The molecule has 4 nitrogen and oxygen atoms in total. The van der Waals surface area contributed by atoms with E-state index in [0.29, 0.717) is 18.7 Å². The van der Waals surface area contributed by atoms with Gasteiger partial charge in [0, 0.05) is 19.0 Å². The Morgan fingerprint density at radius 2 is 1.90 bits per heavy atom. The third-order valence-corrected chi connectivity index (χ3v) is 5.14. The van der Waals surface area contributed by atoms with Gasteiger partial charge in [0.15, 0.2) is 0 Å². The van der Waals surface area contributed by atoms with E-state index in [0.717, 1.165) is 30.4 Å². The minimum atomic E-state index is -0.0784. The van der Waals surface area contributed by atoms with Gasteiger partial charge in [0.1, 0.15) is 0 Å². The standard InChI is InChI=1S/C17H20N2O2/c20-16-14-3-1-2-4-15(14)19(8-7-18-16)17(21)13-9-12(10-13)11-5-6-11/h1-4,11-13H,5-10H2,(H,18,20). The largest absolute Gasteiger partial charge is 0.350 e. The van der Waals surface area contributed by atoms with Gasteiger partial charge < -0.3 is 10.2 Å². The van der Waals surface area contributed by atoms with Crippen LogP contribution in [0.5, 0.6) is 0 Å². The lowest BCUT2D eigenvalue weighted by atomic mass is 9.71. The van der Waals surface area contributed by atoms with Crippen molar-refractivity contribution in [1.82, 2.24) is 5.32 Å². The first kappa shape index (κ1) is 12.9. The smallest absolute Gasteiger partial charge is 0.253 e. The fourth-order valence-corrected chi connectivity index (χ4v) is 3.66. The Morgan fingerprint density at radius 3 is 2.67 bits per heavy atom. The summed E-state index contributed by atoms with van der Waals surface area (Å²) in [7, 11) is 0. The maximum atomic E-state index is 12.8. The van der Waals surface area contributed by atoms with Crippen molar-refractivity contribution in [1.29, 1.82) is 0 Å². The minimum Gasteiger partial charge on any atom is -0.350 e. The molecule has 1 heterocycles. The third-order valence-electron chi connectivity index (χ3n) is 5.14. The highest BCUT2D eigenvalue weighted by atomic mass is 16.2. The number of carbonyl (C=O) groups is 2. The number of rotatable bonds is 2. The minimum absolute atomic E-state index is 0.0784. The summed E-state index contributed by atoms with van der Waals surface area (Å²) in [4.78, 5) is 26.6. The molecule has 2 saturated carbocycles. The molecule has 1 aliphatic heterocycles. The van der Waals surface area contributed by atoms with Crippen LogP contribution < -0.4 is 10.2 Å². The molecule has 2 fully saturated rings. The predicted molar refractivity (Wildman–Crippen MR) is 80.1 cm³/mol. The van der Waals surface area contributed by atoms with E-state index in [1.807, 2.05) is 23.1 Å². The normalized spacial score (nSPS) is 28.2. The molecule has 0 bridgehead atoms. The van der Waals surface area contributed by atoms with Crippen LogP contribution in [0.15, 0.2) is 24.3 Å². The zero-order valence-electron chi connectivity index (χ0n) is 12.0. The Labute approximate surface area is 124 Å². The number of fused-ring (bicyclic) bond motifs is 1. The molecule has 3 aliphatic rings. The topological polar surface area (TPSA) is 49.4 Å². The van der Waals surface area contributed by atoms with E-state index in [1.165, 1.54) is 12.8 Å². The maximum Gasteiger partial charge on any atom is 0.253 e. The van der Waals surface area contributed by atoms with E-state index < -0.39 is 0 Å². The Bertz CT molecular complexity index is 588. The summed E-state index contributed by atoms with van der Waals surface area (Å²) in [5, 5.41) is 2.86. The number of hydrogen-bond donors (Lipinski definition) is 1. The van der Waals surface area contributed by atoms with Crippen LogP contribution in [0, 0.1) is 17.8 Å². The van der Waals surface area contributed by atoms with Gasteiger partial charge in [-0.05, 0) is 49.7 Å². The quantitative estimate of drug-likeness (QED) is 0.905. The number of amides is 2. The summed E-state index contributed by atoms with van der Waals surface area (Å²) in [6.45, 7) is 1.10.